The third kappa shape index (κ3) is 3.12. The molecule has 6 heteroatoms. The molecular formula is C14H17BrN2O3. The maximum absolute atomic E-state index is 12.3. The van der Waals surface area contributed by atoms with Crippen molar-refractivity contribution in [1.82, 2.24) is 4.90 Å². The third-order valence-electron chi connectivity index (χ3n) is 3.39. The standard InChI is InChI=1S/C14H17BrN2O3/c1-9-8-10(5-6-11(9)15)16-13(18)12-4-3-7-17(12)14(19)20-2/h5-6,8,12H,3-4,7H2,1-2H3,(H,16,18). The van der Waals surface area contributed by atoms with E-state index in [9.17, 15) is 9.59 Å². The second kappa shape index (κ2) is 6.26. The van der Waals surface area contributed by atoms with E-state index in [0.717, 1.165) is 22.1 Å². The van der Waals surface area contributed by atoms with Crippen LogP contribution in [-0.4, -0.2) is 36.6 Å². The number of carbonyl (C=O) groups is 2. The van der Waals surface area contributed by atoms with Crippen molar-refractivity contribution < 1.29 is 14.3 Å². The molecule has 0 aromatic heterocycles. The highest BCUT2D eigenvalue weighted by Gasteiger charge is 2.34. The number of anilines is 1. The van der Waals surface area contributed by atoms with Gasteiger partial charge >= 0.3 is 6.09 Å². The highest BCUT2D eigenvalue weighted by atomic mass is 79.9. The molecule has 1 aromatic rings. The van der Waals surface area contributed by atoms with Gasteiger partial charge in [-0.3, -0.25) is 9.69 Å². The first-order valence-corrected chi connectivity index (χ1v) is 7.24. The predicted molar refractivity (Wildman–Crippen MR) is 79.6 cm³/mol. The number of amides is 2. The van der Waals surface area contributed by atoms with Crippen molar-refractivity contribution in [3.8, 4) is 0 Å². The van der Waals surface area contributed by atoms with E-state index < -0.39 is 12.1 Å². The Bertz CT molecular complexity index is 533. The van der Waals surface area contributed by atoms with Gasteiger partial charge in [-0.2, -0.15) is 0 Å². The van der Waals surface area contributed by atoms with Gasteiger partial charge in [-0.25, -0.2) is 4.79 Å². The number of halogens is 1. The highest BCUT2D eigenvalue weighted by Crippen LogP contribution is 2.23. The number of hydrogen-bond donors (Lipinski definition) is 1. The van der Waals surface area contributed by atoms with Crippen LogP contribution in [0, 0.1) is 6.92 Å². The molecule has 1 aromatic carbocycles. The Morgan fingerprint density at radius 1 is 1.45 bits per heavy atom. The van der Waals surface area contributed by atoms with Crippen molar-refractivity contribution in [1.29, 1.82) is 0 Å². The Kier molecular flexibility index (Phi) is 4.65. The number of carbonyl (C=O) groups excluding carboxylic acids is 2. The fourth-order valence-corrected chi connectivity index (χ4v) is 2.57. The van der Waals surface area contributed by atoms with Crippen LogP contribution in [0.1, 0.15) is 18.4 Å². The number of benzene rings is 1. The smallest absolute Gasteiger partial charge is 0.410 e. The summed E-state index contributed by atoms with van der Waals surface area (Å²) >= 11 is 3.42. The second-order valence-corrected chi connectivity index (χ2v) is 5.63. The van der Waals surface area contributed by atoms with Crippen LogP contribution in [0.25, 0.3) is 0 Å². The maximum Gasteiger partial charge on any atom is 0.410 e. The summed E-state index contributed by atoms with van der Waals surface area (Å²) in [4.78, 5) is 25.3. The summed E-state index contributed by atoms with van der Waals surface area (Å²) in [6.07, 6.45) is 1.03. The molecule has 0 radical (unpaired) electrons. The van der Waals surface area contributed by atoms with Crippen molar-refractivity contribution >= 4 is 33.6 Å². The molecule has 0 saturated carbocycles. The van der Waals surface area contributed by atoms with Crippen LogP contribution in [0.2, 0.25) is 0 Å². The highest BCUT2D eigenvalue weighted by molar-refractivity contribution is 9.10. The number of methoxy groups -OCH3 is 1. The van der Waals surface area contributed by atoms with Crippen molar-refractivity contribution in [3.05, 3.63) is 28.2 Å². The minimum Gasteiger partial charge on any atom is -0.453 e. The Morgan fingerprint density at radius 2 is 2.20 bits per heavy atom. The van der Waals surface area contributed by atoms with Crippen LogP contribution < -0.4 is 5.32 Å². The number of rotatable bonds is 2. The topological polar surface area (TPSA) is 58.6 Å². The van der Waals surface area contributed by atoms with Crippen molar-refractivity contribution in [2.45, 2.75) is 25.8 Å². The summed E-state index contributed by atoms with van der Waals surface area (Å²) < 4.78 is 5.69. The van der Waals surface area contributed by atoms with E-state index in [1.807, 2.05) is 25.1 Å². The molecule has 1 fully saturated rings. The van der Waals surface area contributed by atoms with E-state index in [1.165, 1.54) is 12.0 Å². The van der Waals surface area contributed by atoms with Gasteiger partial charge < -0.3 is 10.1 Å². The number of ether oxygens (including phenoxy) is 1. The number of nitrogens with one attached hydrogen (secondary N) is 1. The summed E-state index contributed by atoms with van der Waals surface area (Å²) in [5.41, 5.74) is 1.77. The molecule has 2 amide bonds. The molecule has 1 unspecified atom stereocenters. The minimum absolute atomic E-state index is 0.172. The number of hydrogen-bond acceptors (Lipinski definition) is 3. The van der Waals surface area contributed by atoms with Crippen LogP contribution in [0.3, 0.4) is 0 Å². The zero-order chi connectivity index (χ0) is 14.7. The van der Waals surface area contributed by atoms with Crippen LogP contribution in [-0.2, 0) is 9.53 Å². The van der Waals surface area contributed by atoms with Gasteiger partial charge in [0.1, 0.15) is 6.04 Å². The Labute approximate surface area is 126 Å². The monoisotopic (exact) mass is 340 g/mol. The number of nitrogens with zero attached hydrogens (tertiary/aromatic N) is 1. The molecule has 5 nitrogen and oxygen atoms in total. The van der Waals surface area contributed by atoms with Gasteiger partial charge in [-0.05, 0) is 43.5 Å². The summed E-state index contributed by atoms with van der Waals surface area (Å²) in [6.45, 7) is 2.51. The average Bonchev–Trinajstić information content (AvgIpc) is 2.91. The molecule has 1 heterocycles. The van der Waals surface area contributed by atoms with Crippen LogP contribution in [0.15, 0.2) is 22.7 Å². The zero-order valence-electron chi connectivity index (χ0n) is 11.5. The van der Waals surface area contributed by atoms with Crippen LogP contribution >= 0.6 is 15.9 Å². The molecule has 0 bridgehead atoms. The lowest BCUT2D eigenvalue weighted by Gasteiger charge is -2.22. The maximum atomic E-state index is 12.3. The van der Waals surface area contributed by atoms with Gasteiger partial charge in [-0.15, -0.1) is 0 Å². The quantitative estimate of drug-likeness (QED) is 0.900. The summed E-state index contributed by atoms with van der Waals surface area (Å²) in [5.74, 6) is -0.172. The van der Waals surface area contributed by atoms with E-state index in [1.54, 1.807) is 0 Å². The number of likely N-dealkylation sites (tertiary alicyclic amines) is 1. The van der Waals surface area contributed by atoms with Crippen molar-refractivity contribution in [2.24, 2.45) is 0 Å². The van der Waals surface area contributed by atoms with E-state index in [-0.39, 0.29) is 5.91 Å². The first-order chi connectivity index (χ1) is 9.52. The summed E-state index contributed by atoms with van der Waals surface area (Å²) in [5, 5.41) is 2.85. The molecule has 1 saturated heterocycles. The molecule has 108 valence electrons. The Morgan fingerprint density at radius 3 is 2.85 bits per heavy atom. The lowest BCUT2D eigenvalue weighted by molar-refractivity contribution is -0.119. The molecule has 1 aliphatic heterocycles. The molecule has 20 heavy (non-hydrogen) atoms. The van der Waals surface area contributed by atoms with E-state index in [0.29, 0.717) is 13.0 Å². The molecule has 1 N–H and O–H groups in total. The molecule has 2 rings (SSSR count). The van der Waals surface area contributed by atoms with Gasteiger partial charge in [0.05, 0.1) is 7.11 Å². The average molecular weight is 341 g/mol. The molecule has 0 aliphatic carbocycles. The third-order valence-corrected chi connectivity index (χ3v) is 4.28. The molecule has 1 aliphatic rings. The summed E-state index contributed by atoms with van der Waals surface area (Å²) in [7, 11) is 1.33. The van der Waals surface area contributed by atoms with Crippen molar-refractivity contribution in [3.63, 3.8) is 0 Å². The molecule has 1 atom stereocenters. The predicted octanol–water partition coefficient (Wildman–Crippen LogP) is 2.93. The van der Waals surface area contributed by atoms with E-state index in [2.05, 4.69) is 21.2 Å². The van der Waals surface area contributed by atoms with Gasteiger partial charge in [0, 0.05) is 16.7 Å². The van der Waals surface area contributed by atoms with E-state index in [4.69, 9.17) is 4.74 Å². The Balaban J connectivity index is 2.07. The first-order valence-electron chi connectivity index (χ1n) is 6.44. The van der Waals surface area contributed by atoms with E-state index >= 15 is 0 Å². The molecule has 0 spiro atoms. The van der Waals surface area contributed by atoms with Crippen LogP contribution in [0.5, 0.6) is 0 Å². The number of aryl methyl sites for hydroxylation is 1. The normalized spacial score (nSPS) is 17.9. The largest absolute Gasteiger partial charge is 0.453 e. The first kappa shape index (κ1) is 14.8. The second-order valence-electron chi connectivity index (χ2n) is 4.77. The SMILES string of the molecule is COC(=O)N1CCCC1C(=O)Nc1ccc(Br)c(C)c1. The van der Waals surface area contributed by atoms with Crippen LogP contribution in [0.4, 0.5) is 10.5 Å². The zero-order valence-corrected chi connectivity index (χ0v) is 13.1. The fourth-order valence-electron chi connectivity index (χ4n) is 2.32. The van der Waals surface area contributed by atoms with Gasteiger partial charge in [-0.1, -0.05) is 15.9 Å². The molecular weight excluding hydrogens is 324 g/mol. The van der Waals surface area contributed by atoms with Crippen molar-refractivity contribution in [2.75, 3.05) is 19.0 Å². The fraction of sp³-hybridized carbons (Fsp3) is 0.429. The van der Waals surface area contributed by atoms with Gasteiger partial charge in [0.2, 0.25) is 5.91 Å². The Hall–Kier alpha value is -1.56. The van der Waals surface area contributed by atoms with Gasteiger partial charge in [0.15, 0.2) is 0 Å². The van der Waals surface area contributed by atoms with Gasteiger partial charge in [0.25, 0.3) is 0 Å². The summed E-state index contributed by atoms with van der Waals surface area (Å²) in [6, 6.07) is 5.15. The lowest BCUT2D eigenvalue weighted by Crippen LogP contribution is -2.43. The minimum atomic E-state index is -0.452. The lowest BCUT2D eigenvalue weighted by atomic mass is 10.2.